The van der Waals surface area contributed by atoms with Gasteiger partial charge in [0.15, 0.2) is 11.6 Å². The van der Waals surface area contributed by atoms with Crippen LogP contribution in [0.1, 0.15) is 0 Å². The maximum absolute atomic E-state index is 13.6. The average Bonchev–Trinajstić information content (AvgIpc) is 3.16. The average molecular weight is 315 g/mol. The van der Waals surface area contributed by atoms with Crippen molar-refractivity contribution in [2.75, 3.05) is 31.2 Å². The lowest BCUT2D eigenvalue weighted by Crippen LogP contribution is -2.27. The van der Waals surface area contributed by atoms with E-state index in [-0.39, 0.29) is 17.8 Å². The molecule has 0 N–H and O–H groups in total. The van der Waals surface area contributed by atoms with Crippen molar-refractivity contribution in [3.63, 3.8) is 0 Å². The van der Waals surface area contributed by atoms with E-state index in [0.29, 0.717) is 24.9 Å². The van der Waals surface area contributed by atoms with E-state index < -0.39 is 0 Å². The van der Waals surface area contributed by atoms with Crippen molar-refractivity contribution in [3.05, 3.63) is 48.7 Å². The molecule has 2 aromatic rings. The zero-order valence-electron chi connectivity index (χ0n) is 12.6. The summed E-state index contributed by atoms with van der Waals surface area (Å²) in [5.41, 5.74) is 0. The lowest BCUT2D eigenvalue weighted by Gasteiger charge is -2.20. The Labute approximate surface area is 134 Å². The first-order valence-corrected chi connectivity index (χ1v) is 7.81. The molecule has 0 unspecified atom stereocenters. The van der Waals surface area contributed by atoms with Crippen LogP contribution < -0.4 is 9.64 Å². The number of halogens is 1. The van der Waals surface area contributed by atoms with Gasteiger partial charge in [0.1, 0.15) is 5.82 Å². The topological polar surface area (TPSA) is 47.5 Å². The van der Waals surface area contributed by atoms with Crippen molar-refractivity contribution in [2.24, 2.45) is 11.8 Å². The van der Waals surface area contributed by atoms with Crippen LogP contribution in [0, 0.1) is 17.7 Å². The molecule has 6 heteroatoms. The molecule has 0 bridgehead atoms. The summed E-state index contributed by atoms with van der Waals surface area (Å²) < 4.78 is 25.2. The van der Waals surface area contributed by atoms with Crippen molar-refractivity contribution in [3.8, 4) is 5.75 Å². The molecule has 0 aliphatic carbocycles. The molecule has 2 saturated heterocycles. The molecule has 3 heterocycles. The summed E-state index contributed by atoms with van der Waals surface area (Å²) in [5.74, 6) is 1.50. The van der Waals surface area contributed by atoms with Gasteiger partial charge in [0.25, 0.3) is 0 Å². The summed E-state index contributed by atoms with van der Waals surface area (Å²) in [5, 5.41) is 0. The second-order valence-corrected chi connectivity index (χ2v) is 6.01. The standard InChI is InChI=1S/C17H18FN3O2/c18-14-3-1-2-4-15(14)22-10-12-11-23-16-9-21(8-13(12)16)17-7-19-5-6-20-17/h1-7,12-13,16H,8-11H2/t12-,13-,16-/m1/s1. The third-order valence-electron chi connectivity index (χ3n) is 4.60. The highest BCUT2D eigenvalue weighted by atomic mass is 19.1. The quantitative estimate of drug-likeness (QED) is 0.865. The van der Waals surface area contributed by atoms with Crippen LogP contribution in [-0.4, -0.2) is 42.4 Å². The van der Waals surface area contributed by atoms with Crippen LogP contribution in [0.3, 0.4) is 0 Å². The molecular formula is C17H18FN3O2. The lowest BCUT2D eigenvalue weighted by molar-refractivity contribution is 0.108. The predicted molar refractivity (Wildman–Crippen MR) is 82.9 cm³/mol. The number of rotatable bonds is 4. The summed E-state index contributed by atoms with van der Waals surface area (Å²) in [6.45, 7) is 2.82. The Bertz CT molecular complexity index is 670. The van der Waals surface area contributed by atoms with Gasteiger partial charge in [-0.25, -0.2) is 9.37 Å². The van der Waals surface area contributed by atoms with E-state index in [1.807, 2.05) is 0 Å². The third-order valence-corrected chi connectivity index (χ3v) is 4.60. The highest BCUT2D eigenvalue weighted by Crippen LogP contribution is 2.35. The Balaban J connectivity index is 1.39. The van der Waals surface area contributed by atoms with Gasteiger partial charge in [-0.15, -0.1) is 0 Å². The van der Waals surface area contributed by atoms with Gasteiger partial charge in [-0.3, -0.25) is 4.98 Å². The Hall–Kier alpha value is -2.21. The summed E-state index contributed by atoms with van der Waals surface area (Å²) >= 11 is 0. The first-order valence-electron chi connectivity index (χ1n) is 7.81. The molecular weight excluding hydrogens is 297 g/mol. The Morgan fingerprint density at radius 3 is 3.00 bits per heavy atom. The van der Waals surface area contributed by atoms with Crippen molar-refractivity contribution in [2.45, 2.75) is 6.10 Å². The van der Waals surface area contributed by atoms with Crippen molar-refractivity contribution >= 4 is 5.82 Å². The lowest BCUT2D eigenvalue weighted by atomic mass is 9.94. The van der Waals surface area contributed by atoms with Crippen LogP contribution in [0.2, 0.25) is 0 Å². The maximum Gasteiger partial charge on any atom is 0.165 e. The summed E-state index contributed by atoms with van der Waals surface area (Å²) in [6, 6.07) is 6.50. The predicted octanol–water partition coefficient (Wildman–Crippen LogP) is 2.15. The van der Waals surface area contributed by atoms with E-state index >= 15 is 0 Å². The fourth-order valence-corrected chi connectivity index (χ4v) is 3.37. The summed E-state index contributed by atoms with van der Waals surface area (Å²) in [6.07, 6.45) is 5.32. The van der Waals surface area contributed by atoms with Crippen molar-refractivity contribution in [1.29, 1.82) is 0 Å². The molecule has 2 aliphatic heterocycles. The minimum absolute atomic E-state index is 0.186. The maximum atomic E-state index is 13.6. The Morgan fingerprint density at radius 1 is 1.26 bits per heavy atom. The van der Waals surface area contributed by atoms with Crippen LogP contribution >= 0.6 is 0 Å². The van der Waals surface area contributed by atoms with E-state index in [0.717, 1.165) is 18.9 Å². The van der Waals surface area contributed by atoms with Crippen LogP contribution in [0.5, 0.6) is 5.75 Å². The summed E-state index contributed by atoms with van der Waals surface area (Å²) in [7, 11) is 0. The van der Waals surface area contributed by atoms with E-state index in [1.165, 1.54) is 6.07 Å². The van der Waals surface area contributed by atoms with E-state index in [1.54, 1.807) is 36.8 Å². The molecule has 2 fully saturated rings. The van der Waals surface area contributed by atoms with Gasteiger partial charge >= 0.3 is 0 Å². The van der Waals surface area contributed by atoms with Gasteiger partial charge in [0, 0.05) is 37.3 Å². The van der Waals surface area contributed by atoms with Crippen molar-refractivity contribution < 1.29 is 13.9 Å². The highest BCUT2D eigenvalue weighted by molar-refractivity contribution is 5.38. The number of nitrogens with zero attached hydrogens (tertiary/aromatic N) is 3. The molecule has 5 nitrogen and oxygen atoms in total. The molecule has 4 rings (SSSR count). The smallest absolute Gasteiger partial charge is 0.165 e. The number of hydrogen-bond donors (Lipinski definition) is 0. The van der Waals surface area contributed by atoms with Crippen LogP contribution in [0.15, 0.2) is 42.9 Å². The number of hydrogen-bond acceptors (Lipinski definition) is 5. The normalized spacial score (nSPS) is 26.3. The largest absolute Gasteiger partial charge is 0.490 e. The molecule has 3 atom stereocenters. The fourth-order valence-electron chi connectivity index (χ4n) is 3.37. The van der Waals surface area contributed by atoms with Gasteiger partial charge in [0.05, 0.1) is 25.5 Å². The molecule has 0 saturated carbocycles. The molecule has 0 amide bonds. The molecule has 1 aromatic carbocycles. The van der Waals surface area contributed by atoms with Gasteiger partial charge in [-0.05, 0) is 12.1 Å². The number of fused-ring (bicyclic) bond motifs is 1. The zero-order valence-corrected chi connectivity index (χ0v) is 12.6. The molecule has 23 heavy (non-hydrogen) atoms. The number of benzene rings is 1. The zero-order chi connectivity index (χ0) is 15.6. The van der Waals surface area contributed by atoms with Gasteiger partial charge < -0.3 is 14.4 Å². The molecule has 0 spiro atoms. The molecule has 120 valence electrons. The van der Waals surface area contributed by atoms with Gasteiger partial charge in [-0.2, -0.15) is 0 Å². The Morgan fingerprint density at radius 2 is 2.17 bits per heavy atom. The van der Waals surface area contributed by atoms with E-state index in [2.05, 4.69) is 14.9 Å². The minimum Gasteiger partial charge on any atom is -0.490 e. The number of anilines is 1. The first-order chi connectivity index (χ1) is 11.3. The fraction of sp³-hybridized carbons (Fsp3) is 0.412. The van der Waals surface area contributed by atoms with Crippen LogP contribution in [0.4, 0.5) is 10.2 Å². The third kappa shape index (κ3) is 2.86. The van der Waals surface area contributed by atoms with E-state index in [9.17, 15) is 4.39 Å². The van der Waals surface area contributed by atoms with Gasteiger partial charge in [-0.1, -0.05) is 12.1 Å². The second-order valence-electron chi connectivity index (χ2n) is 6.01. The number of para-hydroxylation sites is 1. The second kappa shape index (κ2) is 6.12. The SMILES string of the molecule is Fc1ccccc1OC[C@@H]1CO[C@@H]2CN(c3cnccn3)C[C@H]12. The first kappa shape index (κ1) is 14.4. The van der Waals surface area contributed by atoms with Crippen LogP contribution in [0.25, 0.3) is 0 Å². The monoisotopic (exact) mass is 315 g/mol. The van der Waals surface area contributed by atoms with Crippen LogP contribution in [-0.2, 0) is 4.74 Å². The number of ether oxygens (including phenoxy) is 2. The summed E-state index contributed by atoms with van der Waals surface area (Å²) in [4.78, 5) is 10.7. The molecule has 1 aromatic heterocycles. The number of aromatic nitrogens is 2. The molecule has 0 radical (unpaired) electrons. The van der Waals surface area contributed by atoms with Crippen molar-refractivity contribution in [1.82, 2.24) is 9.97 Å². The highest BCUT2D eigenvalue weighted by Gasteiger charge is 2.44. The van der Waals surface area contributed by atoms with Gasteiger partial charge in [0.2, 0.25) is 0 Å². The Kier molecular flexibility index (Phi) is 3.83. The van der Waals surface area contributed by atoms with E-state index in [4.69, 9.17) is 9.47 Å². The molecule has 2 aliphatic rings. The minimum atomic E-state index is -0.324.